The molecule has 4 heteroatoms. The summed E-state index contributed by atoms with van der Waals surface area (Å²) in [6, 6.07) is 20.9. The van der Waals surface area contributed by atoms with Crippen LogP contribution in [-0.2, 0) is 0 Å². The second kappa shape index (κ2) is 7.40. The van der Waals surface area contributed by atoms with Gasteiger partial charge < -0.3 is 5.11 Å². The maximum Gasteiger partial charge on any atom is 0.265 e. The molecule has 0 aliphatic carbocycles. The average Bonchev–Trinajstić information content (AvgIpc) is 2.71. The van der Waals surface area contributed by atoms with E-state index in [-0.39, 0.29) is 11.4 Å². The van der Waals surface area contributed by atoms with E-state index in [0.717, 1.165) is 22.4 Å². The molecular weight excluding hydrogens is 360 g/mol. The number of fused-ring (bicyclic) bond motifs is 1. The molecule has 0 aliphatic rings. The van der Waals surface area contributed by atoms with Crippen molar-refractivity contribution in [1.29, 1.82) is 0 Å². The fourth-order valence-corrected chi connectivity index (χ4v) is 3.61. The molecule has 1 aromatic heterocycles. The van der Waals surface area contributed by atoms with Gasteiger partial charge in [0.2, 0.25) is 5.88 Å². The number of aromatic hydroxyl groups is 1. The van der Waals surface area contributed by atoms with Crippen LogP contribution >= 0.6 is 0 Å². The number of aromatic nitrogens is 1. The molecule has 0 bridgehead atoms. The van der Waals surface area contributed by atoms with E-state index in [1.807, 2.05) is 81.4 Å². The predicted octanol–water partition coefficient (Wildman–Crippen LogP) is 5.37. The summed E-state index contributed by atoms with van der Waals surface area (Å²) in [5, 5.41) is 12.3. The second-order valence-electron chi connectivity index (χ2n) is 7.26. The minimum atomic E-state index is -0.252. The number of pyridine rings is 1. The largest absolute Gasteiger partial charge is 0.494 e. The molecular formula is C25H22N2O2. The topological polar surface area (TPSA) is 54.6 Å². The van der Waals surface area contributed by atoms with Crippen LogP contribution in [0, 0.1) is 20.8 Å². The molecule has 0 amide bonds. The van der Waals surface area contributed by atoms with Crippen molar-refractivity contribution < 1.29 is 5.11 Å². The first-order chi connectivity index (χ1) is 14.0. The fourth-order valence-electron chi connectivity index (χ4n) is 3.61. The van der Waals surface area contributed by atoms with Gasteiger partial charge in [-0.05, 0) is 50.1 Å². The SMILES string of the molecule is Cc1ccc(-n2c(O)c(C=Nc3ccccc3C)c3ccccc3c2=O)c(C)c1. The third-order valence-electron chi connectivity index (χ3n) is 5.14. The van der Waals surface area contributed by atoms with Crippen LogP contribution in [0.25, 0.3) is 16.5 Å². The van der Waals surface area contributed by atoms with Crippen LogP contribution in [0.3, 0.4) is 0 Å². The number of hydrogen-bond acceptors (Lipinski definition) is 3. The van der Waals surface area contributed by atoms with Crippen molar-refractivity contribution in [3.63, 3.8) is 0 Å². The Labute approximate surface area is 169 Å². The molecule has 4 nitrogen and oxygen atoms in total. The van der Waals surface area contributed by atoms with E-state index in [1.54, 1.807) is 12.3 Å². The van der Waals surface area contributed by atoms with Crippen molar-refractivity contribution in [1.82, 2.24) is 4.57 Å². The van der Waals surface area contributed by atoms with Gasteiger partial charge in [0.05, 0.1) is 16.9 Å². The van der Waals surface area contributed by atoms with E-state index >= 15 is 0 Å². The summed E-state index contributed by atoms with van der Waals surface area (Å²) in [5.41, 5.74) is 4.80. The summed E-state index contributed by atoms with van der Waals surface area (Å²) in [7, 11) is 0. The highest BCUT2D eigenvalue weighted by Crippen LogP contribution is 2.28. The number of aryl methyl sites for hydroxylation is 3. The first-order valence-corrected chi connectivity index (χ1v) is 9.51. The van der Waals surface area contributed by atoms with Crippen molar-refractivity contribution in [2.75, 3.05) is 0 Å². The number of hydrogen-bond donors (Lipinski definition) is 1. The average molecular weight is 382 g/mol. The summed E-state index contributed by atoms with van der Waals surface area (Å²) in [5.74, 6) is -0.113. The second-order valence-corrected chi connectivity index (χ2v) is 7.26. The van der Waals surface area contributed by atoms with Gasteiger partial charge in [-0.2, -0.15) is 0 Å². The smallest absolute Gasteiger partial charge is 0.265 e. The van der Waals surface area contributed by atoms with Gasteiger partial charge in [-0.1, -0.05) is 54.1 Å². The zero-order valence-electron chi connectivity index (χ0n) is 16.7. The maximum absolute atomic E-state index is 13.2. The molecule has 0 spiro atoms. The highest BCUT2D eigenvalue weighted by atomic mass is 16.3. The fraction of sp³-hybridized carbons (Fsp3) is 0.120. The van der Waals surface area contributed by atoms with Gasteiger partial charge in [-0.15, -0.1) is 0 Å². The molecule has 0 radical (unpaired) electrons. The van der Waals surface area contributed by atoms with E-state index in [4.69, 9.17) is 0 Å². The Hall–Kier alpha value is -3.66. The molecule has 0 fully saturated rings. The quantitative estimate of drug-likeness (QED) is 0.484. The van der Waals surface area contributed by atoms with Crippen LogP contribution in [0.1, 0.15) is 22.3 Å². The van der Waals surface area contributed by atoms with Crippen LogP contribution in [0.2, 0.25) is 0 Å². The number of benzene rings is 3. The molecule has 4 aromatic rings. The number of rotatable bonds is 3. The van der Waals surface area contributed by atoms with Crippen LogP contribution in [-0.4, -0.2) is 15.9 Å². The zero-order valence-corrected chi connectivity index (χ0v) is 16.7. The van der Waals surface area contributed by atoms with Gasteiger partial charge in [0.15, 0.2) is 0 Å². The first-order valence-electron chi connectivity index (χ1n) is 9.51. The van der Waals surface area contributed by atoms with E-state index in [1.165, 1.54) is 4.57 Å². The molecule has 1 N–H and O–H groups in total. The van der Waals surface area contributed by atoms with Crippen molar-refractivity contribution >= 4 is 22.7 Å². The first kappa shape index (κ1) is 18.7. The highest BCUT2D eigenvalue weighted by molar-refractivity contribution is 6.02. The van der Waals surface area contributed by atoms with E-state index < -0.39 is 0 Å². The zero-order chi connectivity index (χ0) is 20.5. The third-order valence-corrected chi connectivity index (χ3v) is 5.14. The minimum absolute atomic E-state index is 0.113. The molecule has 29 heavy (non-hydrogen) atoms. The molecule has 1 heterocycles. The summed E-state index contributed by atoms with van der Waals surface area (Å²) in [6.07, 6.45) is 1.64. The highest BCUT2D eigenvalue weighted by Gasteiger charge is 2.17. The van der Waals surface area contributed by atoms with Gasteiger partial charge >= 0.3 is 0 Å². The molecule has 0 unspecified atom stereocenters. The van der Waals surface area contributed by atoms with Crippen molar-refractivity contribution in [3.05, 3.63) is 99.3 Å². The lowest BCUT2D eigenvalue weighted by atomic mass is 10.1. The van der Waals surface area contributed by atoms with Crippen LogP contribution in [0.15, 0.2) is 76.5 Å². The molecule has 0 aliphatic heterocycles. The molecule has 144 valence electrons. The number of nitrogens with zero attached hydrogens (tertiary/aromatic N) is 2. The van der Waals surface area contributed by atoms with Gasteiger partial charge in [-0.3, -0.25) is 9.79 Å². The molecule has 0 atom stereocenters. The van der Waals surface area contributed by atoms with Crippen molar-refractivity contribution in [2.24, 2.45) is 4.99 Å². The summed E-state index contributed by atoms with van der Waals surface area (Å²) in [6.45, 7) is 5.92. The Bertz CT molecular complexity index is 1320. The Morgan fingerprint density at radius 2 is 1.55 bits per heavy atom. The summed E-state index contributed by atoms with van der Waals surface area (Å²) < 4.78 is 1.37. The molecule has 0 saturated carbocycles. The predicted molar refractivity (Wildman–Crippen MR) is 119 cm³/mol. The van der Waals surface area contributed by atoms with Crippen LogP contribution in [0.4, 0.5) is 5.69 Å². The van der Waals surface area contributed by atoms with E-state index in [9.17, 15) is 9.90 Å². The molecule has 0 saturated heterocycles. The number of aliphatic imine (C=N–C) groups is 1. The van der Waals surface area contributed by atoms with Crippen LogP contribution in [0.5, 0.6) is 5.88 Å². The van der Waals surface area contributed by atoms with Crippen molar-refractivity contribution in [3.8, 4) is 11.6 Å². The monoisotopic (exact) mass is 382 g/mol. The van der Waals surface area contributed by atoms with Gasteiger partial charge in [-0.25, -0.2) is 4.57 Å². The molecule has 3 aromatic carbocycles. The van der Waals surface area contributed by atoms with Crippen molar-refractivity contribution in [2.45, 2.75) is 20.8 Å². The summed E-state index contributed by atoms with van der Waals surface area (Å²) >= 11 is 0. The Morgan fingerprint density at radius 1 is 0.862 bits per heavy atom. The Balaban J connectivity index is 2.02. The summed E-state index contributed by atoms with van der Waals surface area (Å²) in [4.78, 5) is 17.8. The third kappa shape index (κ3) is 3.34. The van der Waals surface area contributed by atoms with Gasteiger partial charge in [0.1, 0.15) is 0 Å². The Morgan fingerprint density at radius 3 is 2.28 bits per heavy atom. The van der Waals surface area contributed by atoms with Gasteiger partial charge in [0, 0.05) is 17.0 Å². The Kier molecular flexibility index (Phi) is 4.77. The normalized spacial score (nSPS) is 11.4. The lowest BCUT2D eigenvalue weighted by Crippen LogP contribution is -2.21. The number of para-hydroxylation sites is 1. The van der Waals surface area contributed by atoms with Gasteiger partial charge in [0.25, 0.3) is 5.56 Å². The minimum Gasteiger partial charge on any atom is -0.494 e. The molecule has 4 rings (SSSR count). The lowest BCUT2D eigenvalue weighted by Gasteiger charge is -2.16. The standard InChI is InChI=1S/C25H22N2O2/c1-16-12-13-23(18(3)14-16)27-24(28)20-10-6-5-9-19(20)21(25(27)29)15-26-22-11-7-4-8-17(22)2/h4-15,29H,1-3H3. The van der Waals surface area contributed by atoms with E-state index in [0.29, 0.717) is 22.0 Å². The van der Waals surface area contributed by atoms with E-state index in [2.05, 4.69) is 4.99 Å². The van der Waals surface area contributed by atoms with Crippen LogP contribution < -0.4 is 5.56 Å². The maximum atomic E-state index is 13.2. The lowest BCUT2D eigenvalue weighted by molar-refractivity contribution is 0.436.